The van der Waals surface area contributed by atoms with Crippen LogP contribution in [0.4, 0.5) is 5.69 Å². The molecule has 0 bridgehead atoms. The first-order chi connectivity index (χ1) is 14.2. The molecule has 1 aliphatic heterocycles. The van der Waals surface area contributed by atoms with E-state index in [1.54, 1.807) is 41.3 Å². The van der Waals surface area contributed by atoms with E-state index in [4.69, 9.17) is 0 Å². The van der Waals surface area contributed by atoms with Crippen molar-refractivity contribution in [2.45, 2.75) is 39.7 Å². The lowest BCUT2D eigenvalue weighted by atomic mass is 9.95. The Hall–Kier alpha value is -3.15. The summed E-state index contributed by atoms with van der Waals surface area (Å²) in [7, 11) is 0. The minimum Gasteiger partial charge on any atom is -0.349 e. The molecule has 0 unspecified atom stereocenters. The van der Waals surface area contributed by atoms with Crippen molar-refractivity contribution in [1.29, 1.82) is 0 Å². The number of rotatable bonds is 4. The first-order valence-corrected chi connectivity index (χ1v) is 10.3. The van der Waals surface area contributed by atoms with Crippen LogP contribution in [0.1, 0.15) is 54.3 Å². The van der Waals surface area contributed by atoms with Crippen molar-refractivity contribution in [2.75, 3.05) is 18.4 Å². The molecule has 1 heterocycles. The predicted octanol–water partition coefficient (Wildman–Crippen LogP) is 3.71. The first-order valence-electron chi connectivity index (χ1n) is 10.3. The fourth-order valence-electron chi connectivity index (χ4n) is 3.32. The van der Waals surface area contributed by atoms with Crippen molar-refractivity contribution in [1.82, 2.24) is 10.2 Å². The molecule has 0 aromatic heterocycles. The van der Waals surface area contributed by atoms with E-state index in [1.165, 1.54) is 0 Å². The lowest BCUT2D eigenvalue weighted by molar-refractivity contribution is -0.123. The van der Waals surface area contributed by atoms with E-state index in [1.807, 2.05) is 39.0 Å². The van der Waals surface area contributed by atoms with Crippen molar-refractivity contribution in [3.8, 4) is 0 Å². The monoisotopic (exact) mass is 407 g/mol. The summed E-state index contributed by atoms with van der Waals surface area (Å²) < 4.78 is 0. The van der Waals surface area contributed by atoms with Gasteiger partial charge in [-0.2, -0.15) is 0 Å². The molecule has 0 atom stereocenters. The Kier molecular flexibility index (Phi) is 6.55. The molecule has 30 heavy (non-hydrogen) atoms. The zero-order valence-electron chi connectivity index (χ0n) is 17.8. The molecule has 0 saturated carbocycles. The Balaban J connectivity index is 1.56. The van der Waals surface area contributed by atoms with E-state index in [9.17, 15) is 14.4 Å². The number of amides is 3. The van der Waals surface area contributed by atoms with E-state index in [-0.39, 0.29) is 23.8 Å². The number of nitrogens with one attached hydrogen (secondary N) is 2. The summed E-state index contributed by atoms with van der Waals surface area (Å²) in [5, 5.41) is 5.92. The van der Waals surface area contributed by atoms with Gasteiger partial charge >= 0.3 is 0 Å². The number of carbonyl (C=O) groups excluding carboxylic acids is 3. The van der Waals surface area contributed by atoms with Crippen molar-refractivity contribution in [2.24, 2.45) is 5.41 Å². The molecular weight excluding hydrogens is 378 g/mol. The molecule has 3 rings (SSSR count). The average molecular weight is 408 g/mol. The number of nitrogens with zero attached hydrogens (tertiary/aromatic N) is 1. The third-order valence-corrected chi connectivity index (χ3v) is 5.20. The van der Waals surface area contributed by atoms with Crippen molar-refractivity contribution >= 4 is 23.4 Å². The molecule has 0 spiro atoms. The second kappa shape index (κ2) is 9.11. The number of carbonyl (C=O) groups is 3. The molecule has 2 aromatic carbocycles. The Morgan fingerprint density at radius 3 is 2.17 bits per heavy atom. The third kappa shape index (κ3) is 5.47. The number of anilines is 1. The van der Waals surface area contributed by atoms with E-state index >= 15 is 0 Å². The van der Waals surface area contributed by atoms with Gasteiger partial charge in [-0.05, 0) is 43.2 Å². The molecule has 0 radical (unpaired) electrons. The summed E-state index contributed by atoms with van der Waals surface area (Å²) >= 11 is 0. The zero-order chi connectivity index (χ0) is 21.7. The van der Waals surface area contributed by atoms with Gasteiger partial charge in [0.25, 0.3) is 11.8 Å². The second-order valence-corrected chi connectivity index (χ2v) is 8.69. The maximum absolute atomic E-state index is 12.9. The molecule has 3 amide bonds. The quantitative estimate of drug-likeness (QED) is 0.811. The normalized spacial score (nSPS) is 14.8. The smallest absolute Gasteiger partial charge is 0.253 e. The van der Waals surface area contributed by atoms with Crippen LogP contribution in [-0.2, 0) is 4.79 Å². The van der Waals surface area contributed by atoms with Gasteiger partial charge in [-0.1, -0.05) is 45.0 Å². The lowest BCUT2D eigenvalue weighted by Crippen LogP contribution is -2.46. The van der Waals surface area contributed by atoms with Crippen molar-refractivity contribution in [3.05, 3.63) is 65.7 Å². The number of hydrogen-bond donors (Lipinski definition) is 2. The van der Waals surface area contributed by atoms with Gasteiger partial charge in [0.1, 0.15) is 0 Å². The van der Waals surface area contributed by atoms with Crippen LogP contribution in [0.5, 0.6) is 0 Å². The topological polar surface area (TPSA) is 78.5 Å². The molecule has 6 heteroatoms. The minimum atomic E-state index is -0.508. The van der Waals surface area contributed by atoms with Crippen LogP contribution in [0.2, 0.25) is 0 Å². The van der Waals surface area contributed by atoms with Crippen LogP contribution in [0, 0.1) is 5.41 Å². The predicted molar refractivity (Wildman–Crippen MR) is 117 cm³/mol. The van der Waals surface area contributed by atoms with Crippen LogP contribution in [0.25, 0.3) is 0 Å². The molecule has 1 saturated heterocycles. The third-order valence-electron chi connectivity index (χ3n) is 5.20. The fraction of sp³-hybridized carbons (Fsp3) is 0.375. The van der Waals surface area contributed by atoms with Crippen LogP contribution < -0.4 is 10.6 Å². The van der Waals surface area contributed by atoms with Crippen LogP contribution in [0.3, 0.4) is 0 Å². The molecule has 0 aliphatic carbocycles. The maximum atomic E-state index is 12.9. The zero-order valence-corrected chi connectivity index (χ0v) is 17.8. The summed E-state index contributed by atoms with van der Waals surface area (Å²) in [6.07, 6.45) is 1.43. The largest absolute Gasteiger partial charge is 0.349 e. The van der Waals surface area contributed by atoms with Crippen LogP contribution >= 0.6 is 0 Å². The molecule has 2 aromatic rings. The lowest BCUT2D eigenvalue weighted by Gasteiger charge is -2.32. The van der Waals surface area contributed by atoms with Gasteiger partial charge < -0.3 is 15.5 Å². The second-order valence-electron chi connectivity index (χ2n) is 8.69. The summed E-state index contributed by atoms with van der Waals surface area (Å²) in [5.41, 5.74) is 1.30. The SMILES string of the molecule is CC(C)(C)C(=O)Nc1cccc(C(=O)N2CCC(NC(=O)c3ccccc3)CC2)c1. The van der Waals surface area contributed by atoms with Gasteiger partial charge in [-0.3, -0.25) is 14.4 Å². The summed E-state index contributed by atoms with van der Waals surface area (Å²) in [6, 6.07) is 16.2. The Labute approximate surface area is 177 Å². The highest BCUT2D eigenvalue weighted by atomic mass is 16.2. The van der Waals surface area contributed by atoms with Gasteiger partial charge in [-0.15, -0.1) is 0 Å². The van der Waals surface area contributed by atoms with E-state index < -0.39 is 5.41 Å². The molecule has 1 fully saturated rings. The van der Waals surface area contributed by atoms with Gasteiger partial charge in [0.15, 0.2) is 0 Å². The molecule has 158 valence electrons. The molecule has 1 aliphatic rings. The number of piperidine rings is 1. The Morgan fingerprint density at radius 1 is 0.900 bits per heavy atom. The molecule has 6 nitrogen and oxygen atoms in total. The van der Waals surface area contributed by atoms with Crippen LogP contribution in [0.15, 0.2) is 54.6 Å². The average Bonchev–Trinajstić information content (AvgIpc) is 2.74. The molecular formula is C24H29N3O3. The number of hydrogen-bond acceptors (Lipinski definition) is 3. The highest BCUT2D eigenvalue weighted by Crippen LogP contribution is 2.20. The number of likely N-dealkylation sites (tertiary alicyclic amines) is 1. The van der Waals surface area contributed by atoms with Crippen molar-refractivity contribution in [3.63, 3.8) is 0 Å². The van der Waals surface area contributed by atoms with E-state index in [0.717, 1.165) is 0 Å². The first kappa shape index (κ1) is 21.6. The minimum absolute atomic E-state index is 0.0548. The van der Waals surface area contributed by atoms with Gasteiger partial charge in [-0.25, -0.2) is 0 Å². The summed E-state index contributed by atoms with van der Waals surface area (Å²) in [6.45, 7) is 6.70. The number of benzene rings is 2. The van der Waals surface area contributed by atoms with Crippen molar-refractivity contribution < 1.29 is 14.4 Å². The highest BCUT2D eigenvalue weighted by Gasteiger charge is 2.26. The van der Waals surface area contributed by atoms with Crippen LogP contribution in [-0.4, -0.2) is 41.8 Å². The molecule has 2 N–H and O–H groups in total. The fourth-order valence-corrected chi connectivity index (χ4v) is 3.32. The van der Waals surface area contributed by atoms with E-state index in [2.05, 4.69) is 10.6 Å². The Morgan fingerprint density at radius 2 is 1.53 bits per heavy atom. The van der Waals surface area contributed by atoms with Gasteiger partial charge in [0.2, 0.25) is 5.91 Å². The highest BCUT2D eigenvalue weighted by molar-refractivity contribution is 5.98. The maximum Gasteiger partial charge on any atom is 0.253 e. The summed E-state index contributed by atoms with van der Waals surface area (Å²) in [4.78, 5) is 39.2. The van der Waals surface area contributed by atoms with Gasteiger partial charge in [0.05, 0.1) is 0 Å². The van der Waals surface area contributed by atoms with Gasteiger partial charge in [0, 0.05) is 41.4 Å². The Bertz CT molecular complexity index is 911. The summed E-state index contributed by atoms with van der Waals surface area (Å²) in [5.74, 6) is -0.237. The standard InChI is InChI=1S/C24H29N3O3/c1-24(2,3)23(30)26-20-11-7-10-18(16-20)22(29)27-14-12-19(13-15-27)25-21(28)17-8-5-4-6-9-17/h4-11,16,19H,12-15H2,1-3H3,(H,25,28)(H,26,30). The van der Waals surface area contributed by atoms with E-state index in [0.29, 0.717) is 42.7 Å².